The van der Waals surface area contributed by atoms with E-state index in [-0.39, 0.29) is 11.7 Å². The number of aliphatic hydroxyl groups is 1. The number of aryl methyl sites for hydroxylation is 1. The number of halogens is 2. The smallest absolute Gasteiger partial charge is 0.335 e. The first kappa shape index (κ1) is 22.6. The van der Waals surface area contributed by atoms with Gasteiger partial charge in [-0.2, -0.15) is 0 Å². The molecule has 0 aromatic heterocycles. The van der Waals surface area contributed by atoms with Gasteiger partial charge in [-0.15, -0.1) is 0 Å². The zero-order valence-corrected chi connectivity index (χ0v) is 18.7. The van der Waals surface area contributed by atoms with E-state index >= 15 is 0 Å². The summed E-state index contributed by atoms with van der Waals surface area (Å²) in [5.41, 5.74) is 4.00. The third kappa shape index (κ3) is 5.25. The van der Waals surface area contributed by atoms with Crippen LogP contribution in [0, 0.1) is 0 Å². The Hall–Kier alpha value is -2.57. The van der Waals surface area contributed by atoms with Gasteiger partial charge in [0.25, 0.3) is 0 Å². The van der Waals surface area contributed by atoms with Crippen molar-refractivity contribution in [3.05, 3.63) is 87.4 Å². The fraction of sp³-hybridized carbons (Fsp3) is 0.240. The highest BCUT2D eigenvalue weighted by Gasteiger charge is 2.21. The van der Waals surface area contributed by atoms with Crippen LogP contribution in [0.4, 0.5) is 0 Å². The summed E-state index contributed by atoms with van der Waals surface area (Å²) in [4.78, 5) is 11.0. The maximum absolute atomic E-state index is 11.0. The highest BCUT2D eigenvalue weighted by molar-refractivity contribution is 6.33. The van der Waals surface area contributed by atoms with Gasteiger partial charge >= 0.3 is 5.97 Å². The van der Waals surface area contributed by atoms with E-state index in [4.69, 9.17) is 33.0 Å². The largest absolute Gasteiger partial charge is 0.489 e. The number of carboxylic acids is 1. The molecule has 166 valence electrons. The molecule has 0 saturated heterocycles. The van der Waals surface area contributed by atoms with E-state index in [1.807, 2.05) is 24.3 Å². The van der Waals surface area contributed by atoms with Gasteiger partial charge < -0.3 is 20.3 Å². The first-order chi connectivity index (χ1) is 15.4. The molecule has 3 aromatic carbocycles. The van der Waals surface area contributed by atoms with Crippen LogP contribution in [0.3, 0.4) is 0 Å². The molecule has 1 aliphatic rings. The van der Waals surface area contributed by atoms with Crippen molar-refractivity contribution in [2.24, 2.45) is 0 Å². The molecule has 3 aromatic rings. The number of carboxylic acid groups (broad SMARTS) is 1. The molecule has 0 unspecified atom stereocenters. The van der Waals surface area contributed by atoms with Crippen molar-refractivity contribution in [1.29, 1.82) is 0 Å². The van der Waals surface area contributed by atoms with E-state index in [0.717, 1.165) is 35.3 Å². The van der Waals surface area contributed by atoms with Crippen LogP contribution in [0.2, 0.25) is 10.0 Å². The van der Waals surface area contributed by atoms with E-state index in [0.29, 0.717) is 28.7 Å². The Kier molecular flexibility index (Phi) is 7.01. The van der Waals surface area contributed by atoms with Gasteiger partial charge in [-0.05, 0) is 72.0 Å². The lowest BCUT2D eigenvalue weighted by atomic mass is 9.96. The Morgan fingerprint density at radius 1 is 1.06 bits per heavy atom. The summed E-state index contributed by atoms with van der Waals surface area (Å²) in [5.74, 6) is -0.0781. The molecule has 0 bridgehead atoms. The van der Waals surface area contributed by atoms with Crippen molar-refractivity contribution < 1.29 is 19.7 Å². The molecule has 0 fully saturated rings. The first-order valence-electron chi connectivity index (χ1n) is 10.4. The number of nitrogens with one attached hydrogen (secondary N) is 1. The summed E-state index contributed by atoms with van der Waals surface area (Å²) in [6.07, 6.45) is 0.985. The average molecular weight is 472 g/mol. The topological polar surface area (TPSA) is 78.8 Å². The summed E-state index contributed by atoms with van der Waals surface area (Å²) in [6.45, 7) is 0.950. The predicted molar refractivity (Wildman–Crippen MR) is 126 cm³/mol. The summed E-state index contributed by atoms with van der Waals surface area (Å²) in [6, 6.07) is 17.9. The van der Waals surface area contributed by atoms with E-state index in [1.165, 1.54) is 0 Å². The van der Waals surface area contributed by atoms with Gasteiger partial charge in [-0.1, -0.05) is 41.4 Å². The van der Waals surface area contributed by atoms with Gasteiger partial charge in [-0.3, -0.25) is 0 Å². The van der Waals surface area contributed by atoms with Gasteiger partial charge in [0.1, 0.15) is 11.9 Å². The van der Waals surface area contributed by atoms with Crippen molar-refractivity contribution in [1.82, 2.24) is 5.32 Å². The summed E-state index contributed by atoms with van der Waals surface area (Å²) in [5, 5.41) is 23.8. The van der Waals surface area contributed by atoms with Crippen molar-refractivity contribution >= 4 is 29.2 Å². The van der Waals surface area contributed by atoms with E-state index < -0.39 is 12.1 Å². The van der Waals surface area contributed by atoms with Crippen LogP contribution in [0.25, 0.3) is 11.1 Å². The zero-order valence-electron chi connectivity index (χ0n) is 17.2. The van der Waals surface area contributed by atoms with Crippen molar-refractivity contribution in [3.8, 4) is 16.9 Å². The van der Waals surface area contributed by atoms with Crippen LogP contribution in [0.1, 0.15) is 34.0 Å². The highest BCUT2D eigenvalue weighted by atomic mass is 35.5. The number of aliphatic hydroxyl groups excluding tert-OH is 1. The molecule has 0 amide bonds. The lowest BCUT2D eigenvalue weighted by Gasteiger charge is -2.27. The summed E-state index contributed by atoms with van der Waals surface area (Å²) < 4.78 is 6.13. The molecule has 1 aliphatic heterocycles. The second-order valence-corrected chi connectivity index (χ2v) is 8.67. The third-order valence-corrected chi connectivity index (χ3v) is 6.16. The molecule has 7 heteroatoms. The van der Waals surface area contributed by atoms with Crippen LogP contribution in [-0.4, -0.2) is 35.4 Å². The molecule has 1 heterocycles. The minimum Gasteiger partial charge on any atom is -0.489 e. The molecular formula is C25H23Cl2NO4. The molecule has 0 saturated carbocycles. The molecule has 4 rings (SSSR count). The fourth-order valence-corrected chi connectivity index (χ4v) is 4.26. The maximum atomic E-state index is 11.0. The zero-order chi connectivity index (χ0) is 22.7. The molecule has 32 heavy (non-hydrogen) atoms. The number of rotatable bonds is 7. The van der Waals surface area contributed by atoms with Crippen molar-refractivity contribution in [3.63, 3.8) is 0 Å². The molecule has 5 nitrogen and oxygen atoms in total. The summed E-state index contributed by atoms with van der Waals surface area (Å²) >= 11 is 12.2. The standard InChI is InChI=1S/C25H23Cl2NO4/c26-19-7-9-22(27)21(12-19)23(29)14-28-13-20-8-5-18-11-17(6-10-24(18)32-20)15-1-3-16(4-2-15)25(30)31/h1-4,6-7,9-12,20,23,28-29H,5,8,13-14H2,(H,30,31)/t20-,23-/m1/s1. The Balaban J connectivity index is 1.34. The lowest BCUT2D eigenvalue weighted by molar-refractivity contribution is 0.0697. The van der Waals surface area contributed by atoms with E-state index in [9.17, 15) is 9.90 Å². The SMILES string of the molecule is O=C(O)c1ccc(-c2ccc3c(c2)CC[C@H](CNC[C@@H](O)c2cc(Cl)ccc2Cl)O3)cc1. The van der Waals surface area contributed by atoms with Crippen molar-refractivity contribution in [2.45, 2.75) is 25.0 Å². The minimum absolute atomic E-state index is 0.00485. The van der Waals surface area contributed by atoms with Crippen LogP contribution in [0.15, 0.2) is 60.7 Å². The molecule has 0 radical (unpaired) electrons. The molecule has 0 aliphatic carbocycles. The van der Waals surface area contributed by atoms with Crippen LogP contribution >= 0.6 is 23.2 Å². The number of ether oxygens (including phenoxy) is 1. The molecule has 3 N–H and O–H groups in total. The molecule has 0 spiro atoms. The molecule has 2 atom stereocenters. The number of hydrogen-bond donors (Lipinski definition) is 3. The summed E-state index contributed by atoms with van der Waals surface area (Å²) in [7, 11) is 0. The lowest BCUT2D eigenvalue weighted by Crippen LogP contribution is -2.36. The monoisotopic (exact) mass is 471 g/mol. The Morgan fingerprint density at radius 2 is 1.81 bits per heavy atom. The van der Waals surface area contributed by atoms with Crippen molar-refractivity contribution in [2.75, 3.05) is 13.1 Å². The quantitative estimate of drug-likeness (QED) is 0.431. The second kappa shape index (κ2) is 9.92. The second-order valence-electron chi connectivity index (χ2n) is 7.82. The minimum atomic E-state index is -0.932. The highest BCUT2D eigenvalue weighted by Crippen LogP contribution is 2.32. The number of aromatic carboxylic acids is 1. The van der Waals surface area contributed by atoms with Gasteiger partial charge in [0.05, 0.1) is 11.7 Å². The molecular weight excluding hydrogens is 449 g/mol. The maximum Gasteiger partial charge on any atom is 0.335 e. The van der Waals surface area contributed by atoms with Gasteiger partial charge in [0, 0.05) is 28.7 Å². The van der Waals surface area contributed by atoms with Gasteiger partial charge in [0.2, 0.25) is 0 Å². The number of benzene rings is 3. The first-order valence-corrected chi connectivity index (χ1v) is 11.1. The Morgan fingerprint density at radius 3 is 2.56 bits per heavy atom. The fourth-order valence-electron chi connectivity index (χ4n) is 3.83. The number of hydrogen-bond acceptors (Lipinski definition) is 4. The average Bonchev–Trinajstić information content (AvgIpc) is 2.80. The van der Waals surface area contributed by atoms with Crippen LogP contribution < -0.4 is 10.1 Å². The predicted octanol–water partition coefficient (Wildman–Crippen LogP) is 5.38. The number of carbonyl (C=O) groups is 1. The van der Waals surface area contributed by atoms with Gasteiger partial charge in [0.15, 0.2) is 0 Å². The van der Waals surface area contributed by atoms with Crippen LogP contribution in [0.5, 0.6) is 5.75 Å². The van der Waals surface area contributed by atoms with E-state index in [2.05, 4.69) is 11.4 Å². The number of fused-ring (bicyclic) bond motifs is 1. The van der Waals surface area contributed by atoms with Gasteiger partial charge in [-0.25, -0.2) is 4.79 Å². The Bertz CT molecular complexity index is 1120. The third-order valence-electron chi connectivity index (χ3n) is 5.58. The Labute approximate surface area is 196 Å². The van der Waals surface area contributed by atoms with E-state index in [1.54, 1.807) is 30.3 Å². The van der Waals surface area contributed by atoms with Crippen LogP contribution in [-0.2, 0) is 6.42 Å². The normalized spacial score (nSPS) is 16.2.